The molecule has 10 heteroatoms. The van der Waals surface area contributed by atoms with Crippen LogP contribution in [-0.2, 0) is 26.2 Å². The number of carbonyl (C=O) groups excluding carboxylic acids is 2. The molecule has 8 nitrogen and oxygen atoms in total. The van der Waals surface area contributed by atoms with E-state index in [2.05, 4.69) is 5.32 Å². The van der Waals surface area contributed by atoms with Gasteiger partial charge in [-0.1, -0.05) is 37.6 Å². The average Bonchev–Trinajstić information content (AvgIpc) is 2.87. The highest BCUT2D eigenvalue weighted by molar-refractivity contribution is 7.92. The van der Waals surface area contributed by atoms with Crippen LogP contribution in [0.3, 0.4) is 0 Å². The van der Waals surface area contributed by atoms with Gasteiger partial charge in [0.15, 0.2) is 0 Å². The smallest absolute Gasteiger partial charge is 0.243 e. The minimum absolute atomic E-state index is 0.0125. The van der Waals surface area contributed by atoms with Crippen LogP contribution in [0.15, 0.2) is 48.5 Å². The maximum absolute atomic E-state index is 13.5. The highest BCUT2D eigenvalue weighted by atomic mass is 35.5. The fraction of sp³-hybridized carbons (Fsp3) is 0.500. The van der Waals surface area contributed by atoms with Gasteiger partial charge in [0.2, 0.25) is 21.8 Å². The molecule has 0 saturated heterocycles. The summed E-state index contributed by atoms with van der Waals surface area (Å²) in [5, 5.41) is 3.57. The minimum Gasteiger partial charge on any atom is -0.494 e. The molecule has 0 unspecified atom stereocenters. The van der Waals surface area contributed by atoms with Crippen LogP contribution in [0.5, 0.6) is 5.75 Å². The van der Waals surface area contributed by atoms with Crippen molar-refractivity contribution in [2.45, 2.75) is 72.0 Å². The van der Waals surface area contributed by atoms with Crippen molar-refractivity contribution in [2.24, 2.45) is 0 Å². The predicted molar refractivity (Wildman–Crippen MR) is 153 cm³/mol. The van der Waals surface area contributed by atoms with Gasteiger partial charge in [0.25, 0.3) is 0 Å². The molecule has 0 aliphatic rings. The Hall–Kier alpha value is -2.78. The van der Waals surface area contributed by atoms with Crippen molar-refractivity contribution in [3.8, 4) is 5.75 Å². The normalized spacial score (nSPS) is 12.9. The van der Waals surface area contributed by atoms with Gasteiger partial charge in [-0.05, 0) is 75.1 Å². The van der Waals surface area contributed by atoms with E-state index in [1.165, 1.54) is 4.31 Å². The first-order chi connectivity index (χ1) is 18.0. The lowest BCUT2D eigenvalue weighted by molar-refractivity contribution is -0.141. The molecule has 0 heterocycles. The third kappa shape index (κ3) is 9.51. The zero-order chi connectivity index (χ0) is 28.3. The number of halogens is 1. The first kappa shape index (κ1) is 31.4. The lowest BCUT2D eigenvalue weighted by Crippen LogP contribution is -2.50. The van der Waals surface area contributed by atoms with E-state index < -0.39 is 16.1 Å². The Balaban J connectivity index is 2.20. The highest BCUT2D eigenvalue weighted by Gasteiger charge is 2.29. The molecule has 210 valence electrons. The lowest BCUT2D eigenvalue weighted by Gasteiger charge is -2.32. The van der Waals surface area contributed by atoms with Crippen molar-refractivity contribution in [3.05, 3.63) is 59.1 Å². The topological polar surface area (TPSA) is 96.0 Å². The molecule has 2 rings (SSSR count). The van der Waals surface area contributed by atoms with Crippen LogP contribution in [0.2, 0.25) is 5.02 Å². The van der Waals surface area contributed by atoms with E-state index in [1.54, 1.807) is 41.3 Å². The van der Waals surface area contributed by atoms with Crippen LogP contribution in [0.4, 0.5) is 5.69 Å². The summed E-state index contributed by atoms with van der Waals surface area (Å²) in [5.41, 5.74) is 1.35. The van der Waals surface area contributed by atoms with Crippen molar-refractivity contribution < 1.29 is 22.7 Å². The maximum Gasteiger partial charge on any atom is 0.243 e. The van der Waals surface area contributed by atoms with Gasteiger partial charge in [0, 0.05) is 30.6 Å². The Bertz CT molecular complexity index is 1140. The summed E-state index contributed by atoms with van der Waals surface area (Å²) in [4.78, 5) is 28.2. The van der Waals surface area contributed by atoms with Crippen LogP contribution in [0.25, 0.3) is 0 Å². The second-order valence-electron chi connectivity index (χ2n) is 9.26. The molecule has 0 radical (unpaired) electrons. The molecule has 0 aromatic heterocycles. The molecular weight excluding hydrogens is 526 g/mol. The van der Waals surface area contributed by atoms with Crippen LogP contribution in [-0.4, -0.2) is 56.6 Å². The molecule has 2 amide bonds. The molecule has 1 N–H and O–H groups in total. The van der Waals surface area contributed by atoms with Gasteiger partial charge in [-0.15, -0.1) is 0 Å². The summed E-state index contributed by atoms with van der Waals surface area (Å²) in [7, 11) is -3.57. The molecule has 0 aliphatic heterocycles. The van der Waals surface area contributed by atoms with Gasteiger partial charge in [-0.3, -0.25) is 13.9 Å². The molecule has 0 saturated carbocycles. The zero-order valence-electron chi connectivity index (χ0n) is 22.9. The summed E-state index contributed by atoms with van der Waals surface area (Å²) >= 11 is 6.03. The number of ether oxygens (including phenoxy) is 1. The Labute approximate surface area is 232 Å². The number of nitrogens with one attached hydrogen (secondary N) is 1. The second kappa shape index (κ2) is 15.0. The molecule has 2 aromatic rings. The highest BCUT2D eigenvalue weighted by Crippen LogP contribution is 2.23. The number of carbonyl (C=O) groups is 2. The number of amides is 2. The summed E-state index contributed by atoms with van der Waals surface area (Å²) < 4.78 is 31.8. The Morgan fingerprint density at radius 2 is 1.63 bits per heavy atom. The summed E-state index contributed by atoms with van der Waals surface area (Å²) in [6.45, 7) is 8.55. The Morgan fingerprint density at radius 1 is 1.00 bits per heavy atom. The van der Waals surface area contributed by atoms with Crippen molar-refractivity contribution in [3.63, 3.8) is 0 Å². The average molecular weight is 566 g/mol. The quantitative estimate of drug-likeness (QED) is 0.327. The number of anilines is 1. The summed E-state index contributed by atoms with van der Waals surface area (Å²) in [5.74, 6) is 0.238. The van der Waals surface area contributed by atoms with Gasteiger partial charge in [0.05, 0.1) is 18.6 Å². The van der Waals surface area contributed by atoms with Gasteiger partial charge >= 0.3 is 0 Å². The van der Waals surface area contributed by atoms with Crippen molar-refractivity contribution in [2.75, 3.05) is 23.7 Å². The molecule has 2 atom stereocenters. The number of rotatable bonds is 15. The van der Waals surface area contributed by atoms with Crippen LogP contribution < -0.4 is 14.4 Å². The molecule has 0 spiro atoms. The molecule has 38 heavy (non-hydrogen) atoms. The number of sulfonamides is 1. The van der Waals surface area contributed by atoms with Crippen molar-refractivity contribution >= 4 is 39.1 Å². The van der Waals surface area contributed by atoms with Crippen LogP contribution >= 0.6 is 11.6 Å². The third-order valence-corrected chi connectivity index (χ3v) is 7.69. The van der Waals surface area contributed by atoms with E-state index in [9.17, 15) is 18.0 Å². The molecule has 0 bridgehead atoms. The van der Waals surface area contributed by atoms with Crippen LogP contribution in [0.1, 0.15) is 58.9 Å². The van der Waals surface area contributed by atoms with Gasteiger partial charge in [-0.2, -0.15) is 0 Å². The summed E-state index contributed by atoms with van der Waals surface area (Å²) in [6, 6.07) is 13.3. The SMILES string of the molecule is CCOc1ccc(N(CCCC(=O)N(Cc2ccc(Cl)cc2)[C@@H](CC)C(=O)N[C@H](C)CC)S(C)(=O)=O)cc1. The number of hydrogen-bond acceptors (Lipinski definition) is 5. The van der Waals surface area contributed by atoms with E-state index in [0.29, 0.717) is 35.9 Å². The Morgan fingerprint density at radius 3 is 2.16 bits per heavy atom. The lowest BCUT2D eigenvalue weighted by atomic mass is 10.1. The fourth-order valence-electron chi connectivity index (χ4n) is 4.03. The first-order valence-corrected chi connectivity index (χ1v) is 15.3. The molecule has 2 aromatic carbocycles. The second-order valence-corrected chi connectivity index (χ2v) is 11.6. The van der Waals surface area contributed by atoms with E-state index in [-0.39, 0.29) is 37.4 Å². The van der Waals surface area contributed by atoms with E-state index >= 15 is 0 Å². The monoisotopic (exact) mass is 565 g/mol. The third-order valence-electron chi connectivity index (χ3n) is 6.24. The molecule has 0 fully saturated rings. The van der Waals surface area contributed by atoms with Gasteiger partial charge in [0.1, 0.15) is 11.8 Å². The van der Waals surface area contributed by atoms with Crippen LogP contribution in [0, 0.1) is 0 Å². The first-order valence-electron chi connectivity index (χ1n) is 13.0. The number of hydrogen-bond donors (Lipinski definition) is 1. The van der Waals surface area contributed by atoms with Crippen molar-refractivity contribution in [1.29, 1.82) is 0 Å². The summed E-state index contributed by atoms with van der Waals surface area (Å²) in [6.07, 6.45) is 2.75. The van der Waals surface area contributed by atoms with Gasteiger partial charge < -0.3 is 15.0 Å². The number of nitrogens with zero attached hydrogens (tertiary/aromatic N) is 2. The number of benzene rings is 2. The standard InChI is InChI=1S/C28H40ClN3O5S/c1-6-21(4)30-28(34)26(7-2)31(20-22-11-13-23(29)14-12-22)27(33)10-9-19-32(38(5,35)36)24-15-17-25(18-16-24)37-8-3/h11-18,21,26H,6-10,19-20H2,1-5H3,(H,30,34)/t21-,26+/m1/s1. The fourth-order valence-corrected chi connectivity index (χ4v) is 5.12. The van der Waals surface area contributed by atoms with E-state index in [0.717, 1.165) is 18.2 Å². The van der Waals surface area contributed by atoms with E-state index in [1.807, 2.05) is 39.8 Å². The predicted octanol–water partition coefficient (Wildman–Crippen LogP) is 5.01. The minimum atomic E-state index is -3.57. The van der Waals surface area contributed by atoms with Gasteiger partial charge in [-0.25, -0.2) is 8.42 Å². The largest absolute Gasteiger partial charge is 0.494 e. The van der Waals surface area contributed by atoms with Crippen molar-refractivity contribution in [1.82, 2.24) is 10.2 Å². The molecule has 0 aliphatic carbocycles. The van der Waals surface area contributed by atoms with E-state index in [4.69, 9.17) is 16.3 Å². The zero-order valence-corrected chi connectivity index (χ0v) is 24.5. The maximum atomic E-state index is 13.5. The Kier molecular flexibility index (Phi) is 12.4. The molecular formula is C28H40ClN3O5S.